The lowest BCUT2D eigenvalue weighted by Crippen LogP contribution is -2.42. The van der Waals surface area contributed by atoms with Gasteiger partial charge in [-0.2, -0.15) is 0 Å². The normalized spacial score (nSPS) is 25.6. The van der Waals surface area contributed by atoms with E-state index in [4.69, 9.17) is 13.0 Å². The second kappa shape index (κ2) is 6.59. The van der Waals surface area contributed by atoms with E-state index in [0.717, 1.165) is 24.8 Å². The highest BCUT2D eigenvalue weighted by Crippen LogP contribution is 2.40. The van der Waals surface area contributed by atoms with Crippen molar-refractivity contribution in [3.8, 4) is 5.75 Å². The molecule has 0 heterocycles. The number of hydrogen-bond donors (Lipinski definition) is 1. The minimum absolute atomic E-state index is 0.187. The molecule has 1 atom stereocenters. The Morgan fingerprint density at radius 1 is 1.30 bits per heavy atom. The summed E-state index contributed by atoms with van der Waals surface area (Å²) in [6.45, 7) is -2.06. The average molecular weight is 283 g/mol. The smallest absolute Gasteiger partial charge is 0.118 e. The molecule has 0 aliphatic heterocycles. The first-order valence-corrected chi connectivity index (χ1v) is 7.13. The van der Waals surface area contributed by atoms with Crippen LogP contribution in [0.1, 0.15) is 51.8 Å². The zero-order valence-electron chi connectivity index (χ0n) is 17.9. The van der Waals surface area contributed by atoms with Crippen LogP contribution in [-0.4, -0.2) is 43.2 Å². The maximum Gasteiger partial charge on any atom is 0.118 e. The largest absolute Gasteiger partial charge is 0.497 e. The molecule has 1 fully saturated rings. The molecule has 0 spiro atoms. The SMILES string of the molecule is [2H]C([2H])([2H])Oc1ccc(C(CN(C)C([2H])([2H])[2H])C2(O)CCCCC2)cc1. The summed E-state index contributed by atoms with van der Waals surface area (Å²) in [4.78, 5) is 1.27. The first-order chi connectivity index (χ1) is 11.9. The third-order valence-electron chi connectivity index (χ3n) is 4.22. The predicted octanol–water partition coefficient (Wildman–Crippen LogP) is 3.04. The minimum Gasteiger partial charge on any atom is -0.497 e. The Bertz CT molecular complexity index is 578. The third kappa shape index (κ3) is 3.53. The van der Waals surface area contributed by atoms with Crippen molar-refractivity contribution in [1.29, 1.82) is 0 Å². The van der Waals surface area contributed by atoms with Crippen LogP contribution in [0.25, 0.3) is 0 Å². The molecule has 0 bridgehead atoms. The second-order valence-corrected chi connectivity index (χ2v) is 5.77. The van der Waals surface area contributed by atoms with Gasteiger partial charge in [-0.25, -0.2) is 0 Å². The summed E-state index contributed by atoms with van der Waals surface area (Å²) in [6.07, 6.45) is 4.13. The molecule has 0 amide bonds. The van der Waals surface area contributed by atoms with Gasteiger partial charge in [-0.05, 0) is 44.6 Å². The van der Waals surface area contributed by atoms with Gasteiger partial charge in [-0.15, -0.1) is 0 Å². The minimum atomic E-state index is -2.52. The lowest BCUT2D eigenvalue weighted by Gasteiger charge is -2.40. The van der Waals surface area contributed by atoms with Crippen molar-refractivity contribution in [1.82, 2.24) is 4.90 Å². The van der Waals surface area contributed by atoms with Gasteiger partial charge >= 0.3 is 0 Å². The number of rotatable bonds is 5. The summed E-state index contributed by atoms with van der Waals surface area (Å²) in [6, 6.07) is 6.53. The van der Waals surface area contributed by atoms with Crippen LogP contribution in [0, 0.1) is 0 Å². The molecular formula is C17H27NO2. The highest BCUT2D eigenvalue weighted by Gasteiger charge is 2.38. The first-order valence-electron chi connectivity index (χ1n) is 10.1. The maximum absolute atomic E-state index is 11.2. The van der Waals surface area contributed by atoms with E-state index in [1.54, 1.807) is 24.3 Å². The van der Waals surface area contributed by atoms with Crippen LogP contribution in [-0.2, 0) is 0 Å². The van der Waals surface area contributed by atoms with Crippen molar-refractivity contribution in [2.75, 3.05) is 27.6 Å². The van der Waals surface area contributed by atoms with E-state index in [0.29, 0.717) is 12.8 Å². The van der Waals surface area contributed by atoms with Gasteiger partial charge in [0.2, 0.25) is 0 Å². The zero-order chi connectivity index (χ0) is 19.6. The van der Waals surface area contributed by atoms with E-state index >= 15 is 0 Å². The number of hydrogen-bond acceptors (Lipinski definition) is 3. The molecule has 1 saturated carbocycles. The Hall–Kier alpha value is -1.06. The molecule has 2 rings (SSSR count). The van der Waals surface area contributed by atoms with Crippen molar-refractivity contribution in [2.45, 2.75) is 43.6 Å². The summed E-state index contributed by atoms with van der Waals surface area (Å²) in [5, 5.41) is 11.2. The first kappa shape index (κ1) is 9.06. The molecule has 1 unspecified atom stereocenters. The molecule has 112 valence electrons. The maximum atomic E-state index is 11.2. The summed E-state index contributed by atoms with van der Waals surface area (Å²) in [5.74, 6) is -0.164. The van der Waals surface area contributed by atoms with E-state index in [2.05, 4.69) is 0 Å². The van der Waals surface area contributed by atoms with Gasteiger partial charge in [0.1, 0.15) is 5.75 Å². The Balaban J connectivity index is 2.28. The zero-order valence-corrected chi connectivity index (χ0v) is 11.9. The molecule has 3 nitrogen and oxygen atoms in total. The molecule has 1 aromatic carbocycles. The van der Waals surface area contributed by atoms with Gasteiger partial charge in [0.25, 0.3) is 0 Å². The van der Waals surface area contributed by atoms with Crippen LogP contribution >= 0.6 is 0 Å². The topological polar surface area (TPSA) is 32.7 Å². The molecule has 1 aliphatic rings. The fourth-order valence-corrected chi connectivity index (χ4v) is 3.14. The number of likely N-dealkylation sites (N-methyl/N-ethyl adjacent to an activating group) is 1. The Labute approximate surface area is 131 Å². The Kier molecular flexibility index (Phi) is 2.99. The lowest BCUT2D eigenvalue weighted by molar-refractivity contribution is -0.0277. The van der Waals surface area contributed by atoms with Gasteiger partial charge in [0.05, 0.1) is 16.8 Å². The van der Waals surface area contributed by atoms with Gasteiger partial charge in [-0.1, -0.05) is 31.4 Å². The summed E-state index contributed by atoms with van der Waals surface area (Å²) in [7, 11) is -0.998. The van der Waals surface area contributed by atoms with Crippen molar-refractivity contribution in [3.05, 3.63) is 29.8 Å². The quantitative estimate of drug-likeness (QED) is 0.901. The molecular weight excluding hydrogens is 250 g/mol. The Morgan fingerprint density at radius 2 is 2.00 bits per heavy atom. The van der Waals surface area contributed by atoms with Crippen LogP contribution in [0.5, 0.6) is 5.75 Å². The van der Waals surface area contributed by atoms with Gasteiger partial charge < -0.3 is 14.7 Å². The number of benzene rings is 1. The van der Waals surface area contributed by atoms with Crippen LogP contribution in [0.4, 0.5) is 0 Å². The molecule has 3 heteroatoms. The monoisotopic (exact) mass is 283 g/mol. The molecule has 1 aromatic rings. The third-order valence-corrected chi connectivity index (χ3v) is 4.22. The molecule has 1 aliphatic carbocycles. The standard InChI is InChI=1S/C17H27NO2/c1-18(2)13-16(17(19)11-5-4-6-12-17)14-7-9-15(20-3)10-8-14/h7-10,16,19H,4-6,11-13H2,1-3H3/i1D3,3D3. The van der Waals surface area contributed by atoms with Gasteiger partial charge in [0, 0.05) is 16.6 Å². The van der Waals surface area contributed by atoms with E-state index in [1.807, 2.05) is 0 Å². The number of aliphatic hydroxyl groups is 1. The van der Waals surface area contributed by atoms with Crippen LogP contribution in [0.3, 0.4) is 0 Å². The highest BCUT2D eigenvalue weighted by molar-refractivity contribution is 5.31. The van der Waals surface area contributed by atoms with Gasteiger partial charge in [-0.3, -0.25) is 0 Å². The lowest BCUT2D eigenvalue weighted by atomic mass is 9.72. The summed E-state index contributed by atoms with van der Waals surface area (Å²) >= 11 is 0. The van der Waals surface area contributed by atoms with E-state index in [-0.39, 0.29) is 18.2 Å². The summed E-state index contributed by atoms with van der Waals surface area (Å²) in [5.41, 5.74) is -0.187. The second-order valence-electron chi connectivity index (χ2n) is 5.77. The van der Waals surface area contributed by atoms with Crippen LogP contribution < -0.4 is 4.74 Å². The van der Waals surface area contributed by atoms with Crippen molar-refractivity contribution < 1.29 is 18.1 Å². The van der Waals surface area contributed by atoms with Crippen molar-refractivity contribution in [3.63, 3.8) is 0 Å². The number of ether oxygens (including phenoxy) is 1. The van der Waals surface area contributed by atoms with Crippen molar-refractivity contribution in [2.24, 2.45) is 0 Å². The van der Waals surface area contributed by atoms with Crippen LogP contribution in [0.15, 0.2) is 24.3 Å². The van der Waals surface area contributed by atoms with E-state index in [9.17, 15) is 5.11 Å². The molecule has 1 N–H and O–H groups in total. The van der Waals surface area contributed by atoms with E-state index in [1.165, 1.54) is 11.9 Å². The molecule has 0 radical (unpaired) electrons. The molecule has 0 saturated heterocycles. The molecule has 20 heavy (non-hydrogen) atoms. The van der Waals surface area contributed by atoms with Crippen LogP contribution in [0.2, 0.25) is 0 Å². The number of methoxy groups -OCH3 is 1. The fraction of sp³-hybridized carbons (Fsp3) is 0.647. The van der Waals surface area contributed by atoms with E-state index < -0.39 is 19.6 Å². The summed E-state index contributed by atoms with van der Waals surface area (Å²) < 4.78 is 49.2. The molecule has 0 aromatic heterocycles. The fourth-order valence-electron chi connectivity index (χ4n) is 3.14. The Morgan fingerprint density at radius 3 is 2.60 bits per heavy atom. The number of nitrogens with zero attached hydrogens (tertiary/aromatic N) is 1. The average Bonchev–Trinajstić information content (AvgIpc) is 2.51. The van der Waals surface area contributed by atoms with Crippen molar-refractivity contribution >= 4 is 0 Å². The van der Waals surface area contributed by atoms with Gasteiger partial charge in [0.15, 0.2) is 0 Å². The predicted molar refractivity (Wildman–Crippen MR) is 82.3 cm³/mol. The highest BCUT2D eigenvalue weighted by atomic mass is 16.5.